The number of carbonyl (C=O) groups excluding carboxylic acids is 5. The van der Waals surface area contributed by atoms with E-state index in [9.17, 15) is 60.3 Å². The lowest BCUT2D eigenvalue weighted by atomic mass is 9.79. The van der Waals surface area contributed by atoms with E-state index in [1.54, 1.807) is 7.05 Å². The van der Waals surface area contributed by atoms with E-state index in [1.807, 2.05) is 13.8 Å². The van der Waals surface area contributed by atoms with Crippen LogP contribution in [-0.4, -0.2) is 128 Å². The summed E-state index contributed by atoms with van der Waals surface area (Å²) in [5, 5.41) is 109. The molecule has 0 saturated heterocycles. The van der Waals surface area contributed by atoms with E-state index in [4.69, 9.17) is 38.4 Å². The molecule has 0 spiro atoms. The van der Waals surface area contributed by atoms with Gasteiger partial charge in [0.2, 0.25) is 35.3 Å². The highest BCUT2D eigenvalue weighted by Gasteiger charge is 2.43. The maximum Gasteiger partial charge on any atom is 0.247 e. The number of benzene rings is 3. The van der Waals surface area contributed by atoms with E-state index in [2.05, 4.69) is 37.2 Å². The minimum Gasteiger partial charge on any atom is -0.512 e. The number of amides is 5. The molecule has 5 amide bonds. The molecular weight excluding hydrogens is 1060 g/mol. The smallest absolute Gasteiger partial charge is 0.247 e. The number of amidine groups is 1. The van der Waals surface area contributed by atoms with E-state index in [0.717, 1.165) is 6.07 Å². The fraction of sp³-hybridized carbons (Fsp3) is 0.396. The van der Waals surface area contributed by atoms with Crippen LogP contribution in [0.1, 0.15) is 85.9 Å². The number of hydrogen-bond donors (Lipinski definition) is 16. The molecule has 11 atom stereocenters. The number of halogens is 2. The molecule has 17 N–H and O–H groups in total. The fourth-order valence-electron chi connectivity index (χ4n) is 10.1. The number of fused-ring (bicyclic) bond motifs is 14. The van der Waals surface area contributed by atoms with Crippen LogP contribution in [-0.2, 0) is 24.0 Å². The number of likely N-dealkylation sites (N-methyl/N-ethyl adjacent to an activating group) is 1. The van der Waals surface area contributed by atoms with Gasteiger partial charge in [-0.2, -0.15) is 0 Å². The second-order valence-corrected chi connectivity index (χ2v) is 20.8. The molecule has 78 heavy (non-hydrogen) atoms. The molecule has 416 valence electrons. The third-order valence-electron chi connectivity index (χ3n) is 14.2. The molecule has 10 rings (SSSR count). The number of nitrogens with two attached hydrogens (primary N) is 1. The van der Waals surface area contributed by atoms with E-state index in [0.29, 0.717) is 6.42 Å². The van der Waals surface area contributed by atoms with Crippen LogP contribution >= 0.6 is 23.2 Å². The highest BCUT2D eigenvalue weighted by atomic mass is 35.5. The van der Waals surface area contributed by atoms with Gasteiger partial charge in [-0.25, -0.2) is 0 Å². The molecule has 7 aliphatic rings. The van der Waals surface area contributed by atoms with Crippen molar-refractivity contribution in [1.29, 1.82) is 5.41 Å². The van der Waals surface area contributed by atoms with Gasteiger partial charge in [-0.15, -0.1) is 0 Å². The second-order valence-electron chi connectivity index (χ2n) is 20.0. The van der Waals surface area contributed by atoms with Crippen molar-refractivity contribution in [3.05, 3.63) is 116 Å². The zero-order valence-electron chi connectivity index (χ0n) is 42.3. The molecule has 11 bridgehead atoms. The molecule has 5 heterocycles. The molecule has 3 aromatic rings. The highest BCUT2D eigenvalue weighted by Crippen LogP contribution is 2.47. The van der Waals surface area contributed by atoms with E-state index < -0.39 is 126 Å². The van der Waals surface area contributed by atoms with Gasteiger partial charge in [-0.3, -0.25) is 29.4 Å². The Balaban J connectivity index is 1.31. The lowest BCUT2D eigenvalue weighted by Crippen LogP contribution is -2.61. The fourth-order valence-corrected chi connectivity index (χ4v) is 10.6. The van der Waals surface area contributed by atoms with Crippen LogP contribution in [0.2, 0.25) is 5.02 Å². The van der Waals surface area contributed by atoms with Gasteiger partial charge in [0.25, 0.3) is 0 Å². The minimum absolute atomic E-state index is 0.0257. The number of rotatable bonds is 8. The summed E-state index contributed by atoms with van der Waals surface area (Å²) in [4.78, 5) is 72.8. The third-order valence-corrected chi connectivity index (χ3v) is 14.8. The Morgan fingerprint density at radius 2 is 1.56 bits per heavy atom. The van der Waals surface area contributed by atoms with Gasteiger partial charge in [-0.05, 0) is 110 Å². The van der Waals surface area contributed by atoms with Crippen LogP contribution in [0.4, 0.5) is 0 Å². The molecule has 25 heteroatoms. The Kier molecular flexibility index (Phi) is 17.3. The lowest BCUT2D eigenvalue weighted by Gasteiger charge is -2.36. The van der Waals surface area contributed by atoms with Crippen LogP contribution in [0.15, 0.2) is 88.9 Å². The summed E-state index contributed by atoms with van der Waals surface area (Å²) < 4.78 is 12.5. The number of phenolic OH excluding ortho intramolecular Hbond substituents is 3. The Morgan fingerprint density at radius 3 is 2.23 bits per heavy atom. The van der Waals surface area contributed by atoms with E-state index in [1.165, 1.54) is 60.7 Å². The third kappa shape index (κ3) is 11.9. The first-order valence-corrected chi connectivity index (χ1v) is 25.8. The number of aliphatic hydroxyl groups is 4. The number of hydrogen-bond acceptors (Lipinski definition) is 17. The minimum atomic E-state index is -1.86. The summed E-state index contributed by atoms with van der Waals surface area (Å²) in [6.07, 6.45) is 1.51. The number of aromatic hydroxyl groups is 3. The Bertz CT molecular complexity index is 3040. The first-order valence-electron chi connectivity index (χ1n) is 25.1. The van der Waals surface area contributed by atoms with Crippen LogP contribution in [0, 0.1) is 17.2 Å². The predicted octanol–water partition coefficient (Wildman–Crippen LogP) is 2.32. The van der Waals surface area contributed by atoms with Crippen molar-refractivity contribution in [3.63, 3.8) is 0 Å². The zero-order chi connectivity index (χ0) is 56.4. The summed E-state index contributed by atoms with van der Waals surface area (Å²) in [5.41, 5.74) is 6.02. The SMILES string of the molecule is CN[C@H](CC(C)C)C(=O)N[C@H]1C(=O)NC(CCN)C(=O)N[C@H]2C(=N)NC3C(=O)N[C@H](C(=O)N[C@H](CO)c4cc(O)cc(O)c4C4CC3=CC=C4O)[C@H](O)C3C=C(Cl)C(=CC3)Oc3cc2cc(c3O)Oc2ccc(cc2Cl)[C@H]1O. The monoisotopic (exact) mass is 1120 g/mol. The molecule has 5 aliphatic heterocycles. The van der Waals surface area contributed by atoms with Gasteiger partial charge in [0.1, 0.15) is 70.9 Å². The van der Waals surface area contributed by atoms with Crippen molar-refractivity contribution in [2.75, 3.05) is 20.2 Å². The molecule has 0 fully saturated rings. The van der Waals surface area contributed by atoms with Gasteiger partial charge >= 0.3 is 0 Å². The summed E-state index contributed by atoms with van der Waals surface area (Å²) in [7, 11) is 1.56. The molecule has 2 aliphatic carbocycles. The number of phenols is 3. The number of aliphatic hydroxyl groups excluding tert-OH is 4. The van der Waals surface area contributed by atoms with Crippen molar-refractivity contribution < 1.29 is 69.2 Å². The van der Waals surface area contributed by atoms with Gasteiger partial charge < -0.3 is 88.2 Å². The summed E-state index contributed by atoms with van der Waals surface area (Å²) in [6, 6.07) is -2.24. The van der Waals surface area contributed by atoms with Crippen LogP contribution in [0.3, 0.4) is 0 Å². The zero-order valence-corrected chi connectivity index (χ0v) is 43.9. The highest BCUT2D eigenvalue weighted by molar-refractivity contribution is 6.32. The van der Waals surface area contributed by atoms with E-state index in [-0.39, 0.29) is 98.4 Å². The summed E-state index contributed by atoms with van der Waals surface area (Å²) in [5.74, 6) is -10.6. The van der Waals surface area contributed by atoms with Crippen molar-refractivity contribution in [3.8, 4) is 34.5 Å². The average molecular weight is 1120 g/mol. The molecular formula is C53H61Cl2N9O14. The largest absolute Gasteiger partial charge is 0.512 e. The topological polar surface area (TPSA) is 380 Å². The first kappa shape index (κ1) is 56.8. The van der Waals surface area contributed by atoms with E-state index >= 15 is 4.79 Å². The second kappa shape index (κ2) is 23.7. The molecule has 0 aromatic heterocycles. The Hall–Kier alpha value is -7.38. The first-order chi connectivity index (χ1) is 37.1. The van der Waals surface area contributed by atoms with Crippen molar-refractivity contribution >= 4 is 58.6 Å². The Morgan fingerprint density at radius 1 is 0.846 bits per heavy atom. The lowest BCUT2D eigenvalue weighted by molar-refractivity contribution is -0.135. The maximum atomic E-state index is 15.1. The summed E-state index contributed by atoms with van der Waals surface area (Å²) >= 11 is 13.7. The van der Waals surface area contributed by atoms with Crippen molar-refractivity contribution in [2.45, 2.75) is 99.9 Å². The van der Waals surface area contributed by atoms with Crippen molar-refractivity contribution in [1.82, 2.24) is 37.2 Å². The molecule has 23 nitrogen and oxygen atoms in total. The predicted molar refractivity (Wildman–Crippen MR) is 283 cm³/mol. The normalized spacial score (nSPS) is 26.9. The van der Waals surface area contributed by atoms with Crippen molar-refractivity contribution in [2.24, 2.45) is 17.6 Å². The molecule has 4 unspecified atom stereocenters. The van der Waals surface area contributed by atoms with Crippen LogP contribution in [0.25, 0.3) is 0 Å². The van der Waals surface area contributed by atoms with Gasteiger partial charge in [0.15, 0.2) is 11.5 Å². The molecule has 3 aromatic carbocycles. The number of nitrogens with one attached hydrogen (secondary N) is 8. The van der Waals surface area contributed by atoms with Crippen LogP contribution in [0.5, 0.6) is 34.5 Å². The molecule has 0 radical (unpaired) electrons. The molecule has 0 saturated carbocycles. The number of carbonyl (C=O) groups is 5. The number of allylic oxidation sites excluding steroid dienone is 5. The average Bonchev–Trinajstić information content (AvgIpc) is 3.40. The Labute approximate surface area is 457 Å². The van der Waals surface area contributed by atoms with Gasteiger partial charge in [0.05, 0.1) is 34.8 Å². The quantitative estimate of drug-likeness (QED) is 0.154. The van der Waals surface area contributed by atoms with Crippen LogP contribution < -0.4 is 52.4 Å². The van der Waals surface area contributed by atoms with Gasteiger partial charge in [0, 0.05) is 23.5 Å². The standard InChI is InChI=1S/C53H61Cl2N9O14/c1-21(2)12-32(58-3)50(73)63-43-45(69)23-5-8-36(29(54)14-23)77-38-16-25-17-39(47(38)71)78-37-9-6-24(15-30(37)55)46(70)44-53(76)60-33(20-65)27-18-26(66)19-35(68)40(27)28-13-22(4-7-34(28)67)42(51(74)64-44)61-48(57)41(25)62-49(72)31(10-11-56)59-52(43)75/h4-5,7-9,14-19,21,24,28,31-33,41-46,58,65-71H,6,10-13,20,56H2,1-3H3,(H2,57,61)(H,59,75)(H,60,76)(H,62,72)(H,63,73)(H,64,74)/t24?,28?,31?,32-,33-,41-,42?,43-,44+,45-,46-/m1/s1. The van der Waals surface area contributed by atoms with Gasteiger partial charge in [-0.1, -0.05) is 55.3 Å². The summed E-state index contributed by atoms with van der Waals surface area (Å²) in [6.45, 7) is 2.75. The number of ether oxygens (including phenoxy) is 2. The maximum absolute atomic E-state index is 15.1.